The monoisotopic (exact) mass is 315 g/mol. The highest BCUT2D eigenvalue weighted by Crippen LogP contribution is 2.20. The first-order chi connectivity index (χ1) is 10.1. The zero-order valence-electron chi connectivity index (χ0n) is 13.9. The van der Waals surface area contributed by atoms with Crippen molar-refractivity contribution in [2.75, 3.05) is 19.7 Å². The summed E-state index contributed by atoms with van der Waals surface area (Å²) in [7, 11) is 0. The summed E-state index contributed by atoms with van der Waals surface area (Å²) in [5.74, 6) is -1.03. The van der Waals surface area contributed by atoms with Crippen LogP contribution in [0.5, 0.6) is 0 Å². The number of carbonyl (C=O) groups is 3. The molecule has 0 aromatic carbocycles. The van der Waals surface area contributed by atoms with Crippen LogP contribution in [-0.4, -0.2) is 48.4 Å². The Hall–Kier alpha value is -1.79. The lowest BCUT2D eigenvalue weighted by Gasteiger charge is -2.24. The maximum atomic E-state index is 11.9. The second-order valence-corrected chi connectivity index (χ2v) is 6.79. The van der Waals surface area contributed by atoms with Crippen molar-refractivity contribution in [1.29, 1.82) is 0 Å². The van der Waals surface area contributed by atoms with Crippen LogP contribution in [0.25, 0.3) is 0 Å². The third-order valence-corrected chi connectivity index (χ3v) is 2.89. The van der Waals surface area contributed by atoms with Crippen molar-refractivity contribution in [2.45, 2.75) is 46.6 Å². The van der Waals surface area contributed by atoms with E-state index in [2.05, 4.69) is 4.74 Å². The van der Waals surface area contributed by atoms with Crippen LogP contribution in [0.4, 0.5) is 9.59 Å². The molecule has 0 saturated carbocycles. The average molecular weight is 315 g/mol. The van der Waals surface area contributed by atoms with Gasteiger partial charge in [0.2, 0.25) is 0 Å². The van der Waals surface area contributed by atoms with E-state index < -0.39 is 29.7 Å². The van der Waals surface area contributed by atoms with Crippen LogP contribution in [0.2, 0.25) is 0 Å². The fourth-order valence-electron chi connectivity index (χ4n) is 1.87. The van der Waals surface area contributed by atoms with Crippen molar-refractivity contribution >= 4 is 18.2 Å². The Kier molecular flexibility index (Phi) is 6.20. The minimum atomic E-state index is -0.991. The van der Waals surface area contributed by atoms with Crippen molar-refractivity contribution in [1.82, 2.24) is 4.90 Å². The van der Waals surface area contributed by atoms with Crippen LogP contribution < -0.4 is 0 Å². The summed E-state index contributed by atoms with van der Waals surface area (Å²) in [6.07, 6.45) is -1.02. The molecular weight excluding hydrogens is 290 g/mol. The van der Waals surface area contributed by atoms with E-state index in [1.165, 1.54) is 4.90 Å². The third kappa shape index (κ3) is 6.32. The topological polar surface area (TPSA) is 82.1 Å². The molecule has 0 radical (unpaired) electrons. The van der Waals surface area contributed by atoms with Gasteiger partial charge in [-0.2, -0.15) is 0 Å². The molecule has 0 bridgehead atoms. The molecule has 1 saturated heterocycles. The van der Waals surface area contributed by atoms with Gasteiger partial charge in [-0.1, -0.05) is 13.8 Å². The van der Waals surface area contributed by atoms with Gasteiger partial charge in [0, 0.05) is 13.1 Å². The fourth-order valence-corrected chi connectivity index (χ4v) is 1.87. The minimum absolute atomic E-state index is 0.164. The van der Waals surface area contributed by atoms with Crippen LogP contribution in [0.15, 0.2) is 0 Å². The molecule has 0 N–H and O–H groups in total. The lowest BCUT2D eigenvalue weighted by Crippen LogP contribution is -2.36. The Labute approximate surface area is 130 Å². The quantitative estimate of drug-likeness (QED) is 0.588. The first kappa shape index (κ1) is 18.3. The molecule has 0 aliphatic carbocycles. The number of nitrogens with zero attached hydrogens (tertiary/aromatic N) is 1. The Morgan fingerprint density at radius 3 is 2.41 bits per heavy atom. The van der Waals surface area contributed by atoms with Crippen LogP contribution in [0, 0.1) is 11.8 Å². The second kappa shape index (κ2) is 7.47. The van der Waals surface area contributed by atoms with Crippen molar-refractivity contribution < 1.29 is 28.6 Å². The Morgan fingerprint density at radius 2 is 1.86 bits per heavy atom. The molecule has 7 nitrogen and oxygen atoms in total. The maximum absolute atomic E-state index is 11.9. The molecule has 1 aliphatic rings. The van der Waals surface area contributed by atoms with E-state index in [4.69, 9.17) is 9.47 Å². The average Bonchev–Trinajstić information content (AvgIpc) is 2.84. The molecule has 7 heteroatoms. The summed E-state index contributed by atoms with van der Waals surface area (Å²) in [6.45, 7) is 9.86. The Morgan fingerprint density at radius 1 is 1.23 bits per heavy atom. The predicted molar refractivity (Wildman–Crippen MR) is 78.2 cm³/mol. The number of carbonyl (C=O) groups excluding carboxylic acids is 3. The van der Waals surface area contributed by atoms with Crippen molar-refractivity contribution in [3.63, 3.8) is 0 Å². The van der Waals surface area contributed by atoms with E-state index in [0.29, 0.717) is 13.0 Å². The summed E-state index contributed by atoms with van der Waals surface area (Å²) >= 11 is 0. The van der Waals surface area contributed by atoms with Gasteiger partial charge in [-0.05, 0) is 33.1 Å². The van der Waals surface area contributed by atoms with Gasteiger partial charge in [-0.3, -0.25) is 4.79 Å². The SMILES string of the molecule is CC(C)COC(=O)OC(=O)C1CCN(C(=O)OC(C)(C)C)C1. The molecule has 1 atom stereocenters. The van der Waals surface area contributed by atoms with Crippen LogP contribution >= 0.6 is 0 Å². The van der Waals surface area contributed by atoms with Gasteiger partial charge in [0.15, 0.2) is 0 Å². The van der Waals surface area contributed by atoms with E-state index in [1.54, 1.807) is 20.8 Å². The molecule has 1 amide bonds. The molecule has 126 valence electrons. The Bertz CT molecular complexity index is 426. The molecule has 0 aromatic rings. The summed E-state index contributed by atoms with van der Waals surface area (Å²) < 4.78 is 14.7. The van der Waals surface area contributed by atoms with Crippen molar-refractivity contribution in [3.05, 3.63) is 0 Å². The lowest BCUT2D eigenvalue weighted by atomic mass is 10.1. The lowest BCUT2D eigenvalue weighted by molar-refractivity contribution is -0.144. The van der Waals surface area contributed by atoms with E-state index in [9.17, 15) is 14.4 Å². The molecule has 0 spiro atoms. The summed E-state index contributed by atoms with van der Waals surface area (Å²) in [6, 6.07) is 0. The van der Waals surface area contributed by atoms with Crippen molar-refractivity contribution in [3.8, 4) is 0 Å². The van der Waals surface area contributed by atoms with Gasteiger partial charge >= 0.3 is 18.2 Å². The number of rotatable bonds is 3. The summed E-state index contributed by atoms with van der Waals surface area (Å²) in [4.78, 5) is 36.5. The predicted octanol–water partition coefficient (Wildman–Crippen LogP) is 2.58. The number of esters is 1. The maximum Gasteiger partial charge on any atom is 0.516 e. The van der Waals surface area contributed by atoms with Crippen LogP contribution in [0.1, 0.15) is 41.0 Å². The van der Waals surface area contributed by atoms with E-state index in [-0.39, 0.29) is 19.1 Å². The standard InChI is InChI=1S/C15H25NO6/c1-10(2)9-20-14(19)21-12(17)11-6-7-16(8-11)13(18)22-15(3,4)5/h10-11H,6-9H2,1-5H3. The highest BCUT2D eigenvalue weighted by Gasteiger charge is 2.35. The highest BCUT2D eigenvalue weighted by molar-refractivity contribution is 5.84. The zero-order chi connectivity index (χ0) is 16.9. The van der Waals surface area contributed by atoms with Gasteiger partial charge < -0.3 is 19.1 Å². The number of ether oxygens (including phenoxy) is 3. The van der Waals surface area contributed by atoms with E-state index >= 15 is 0 Å². The normalized spacial score (nSPS) is 18.3. The zero-order valence-corrected chi connectivity index (χ0v) is 13.9. The first-order valence-corrected chi connectivity index (χ1v) is 7.45. The highest BCUT2D eigenvalue weighted by atomic mass is 16.7. The first-order valence-electron chi connectivity index (χ1n) is 7.45. The number of hydrogen-bond donors (Lipinski definition) is 0. The molecule has 1 fully saturated rings. The molecule has 1 aliphatic heterocycles. The van der Waals surface area contributed by atoms with Gasteiger partial charge in [0.05, 0.1) is 12.5 Å². The van der Waals surface area contributed by atoms with Crippen LogP contribution in [-0.2, 0) is 19.0 Å². The minimum Gasteiger partial charge on any atom is -0.444 e. The molecule has 22 heavy (non-hydrogen) atoms. The smallest absolute Gasteiger partial charge is 0.444 e. The molecule has 1 unspecified atom stereocenters. The van der Waals surface area contributed by atoms with Crippen molar-refractivity contribution in [2.24, 2.45) is 11.8 Å². The van der Waals surface area contributed by atoms with Gasteiger partial charge in [-0.25, -0.2) is 9.59 Å². The summed E-state index contributed by atoms with van der Waals surface area (Å²) in [5.41, 5.74) is -0.587. The fraction of sp³-hybridized carbons (Fsp3) is 0.800. The number of hydrogen-bond acceptors (Lipinski definition) is 6. The van der Waals surface area contributed by atoms with E-state index in [1.807, 2.05) is 13.8 Å². The summed E-state index contributed by atoms with van der Waals surface area (Å²) in [5, 5.41) is 0. The van der Waals surface area contributed by atoms with E-state index in [0.717, 1.165) is 0 Å². The Balaban J connectivity index is 2.40. The molecule has 1 heterocycles. The second-order valence-electron chi connectivity index (χ2n) is 6.79. The largest absolute Gasteiger partial charge is 0.516 e. The van der Waals surface area contributed by atoms with Gasteiger partial charge in [-0.15, -0.1) is 0 Å². The molecule has 0 aromatic heterocycles. The van der Waals surface area contributed by atoms with Gasteiger partial charge in [0.25, 0.3) is 0 Å². The number of amides is 1. The van der Waals surface area contributed by atoms with Crippen LogP contribution in [0.3, 0.4) is 0 Å². The molecular formula is C15H25NO6. The van der Waals surface area contributed by atoms with Gasteiger partial charge in [0.1, 0.15) is 5.60 Å². The number of likely N-dealkylation sites (tertiary alicyclic amines) is 1. The molecule has 1 rings (SSSR count). The third-order valence-electron chi connectivity index (χ3n) is 2.89.